The van der Waals surface area contributed by atoms with Crippen LogP contribution in [0, 0.1) is 0 Å². The van der Waals surface area contributed by atoms with E-state index >= 15 is 0 Å². The van der Waals surface area contributed by atoms with Crippen LogP contribution in [-0.4, -0.2) is 65.9 Å². The molecule has 2 heterocycles. The minimum atomic E-state index is -3.63. The molecule has 1 aliphatic heterocycles. The molecule has 1 amide bonds. The van der Waals surface area contributed by atoms with Crippen molar-refractivity contribution >= 4 is 15.9 Å². The zero-order chi connectivity index (χ0) is 20.1. The van der Waals surface area contributed by atoms with Gasteiger partial charge in [0.2, 0.25) is 5.91 Å². The van der Waals surface area contributed by atoms with Crippen LogP contribution < -0.4 is 4.74 Å². The van der Waals surface area contributed by atoms with Crippen LogP contribution in [0.5, 0.6) is 5.75 Å². The number of amides is 1. The lowest BCUT2D eigenvalue weighted by Gasteiger charge is -2.21. The van der Waals surface area contributed by atoms with Gasteiger partial charge in [-0.25, -0.2) is 13.4 Å². The molecule has 0 radical (unpaired) electrons. The third-order valence-electron chi connectivity index (χ3n) is 4.68. The molecule has 0 aliphatic carbocycles. The molecular weight excluding hydrogens is 380 g/mol. The highest BCUT2D eigenvalue weighted by Crippen LogP contribution is 2.17. The molecule has 1 aromatic heterocycles. The second kappa shape index (κ2) is 8.74. The van der Waals surface area contributed by atoms with Crippen LogP contribution in [-0.2, 0) is 28.3 Å². The Hall–Kier alpha value is -2.39. The van der Waals surface area contributed by atoms with Crippen molar-refractivity contribution in [2.24, 2.45) is 7.05 Å². The molecule has 9 heteroatoms. The van der Waals surface area contributed by atoms with Gasteiger partial charge in [0.05, 0.1) is 19.4 Å². The van der Waals surface area contributed by atoms with Crippen LogP contribution in [0.1, 0.15) is 18.9 Å². The fourth-order valence-corrected chi connectivity index (χ4v) is 4.63. The number of rotatable bonds is 6. The van der Waals surface area contributed by atoms with E-state index in [1.54, 1.807) is 16.5 Å². The van der Waals surface area contributed by atoms with Crippen molar-refractivity contribution in [1.82, 2.24) is 18.8 Å². The summed E-state index contributed by atoms with van der Waals surface area (Å²) >= 11 is 0. The number of carbonyl (C=O) groups is 1. The summed E-state index contributed by atoms with van der Waals surface area (Å²) in [7, 11) is -1.90. The monoisotopic (exact) mass is 406 g/mol. The third-order valence-corrected chi connectivity index (χ3v) is 6.47. The molecule has 0 unspecified atom stereocenters. The van der Waals surface area contributed by atoms with E-state index in [4.69, 9.17) is 4.74 Å². The fourth-order valence-electron chi connectivity index (χ4n) is 3.19. The van der Waals surface area contributed by atoms with Crippen molar-refractivity contribution in [2.75, 3.05) is 32.8 Å². The normalized spacial score (nSPS) is 16.0. The highest BCUT2D eigenvalue weighted by Gasteiger charge is 2.29. The van der Waals surface area contributed by atoms with Gasteiger partial charge in [-0.1, -0.05) is 12.1 Å². The Kier molecular flexibility index (Phi) is 6.35. The van der Waals surface area contributed by atoms with Gasteiger partial charge in [0, 0.05) is 39.4 Å². The molecule has 0 bridgehead atoms. The molecule has 1 saturated heterocycles. The summed E-state index contributed by atoms with van der Waals surface area (Å²) in [6.45, 7) is 4.10. The lowest BCUT2D eigenvalue weighted by Crippen LogP contribution is -2.38. The quantitative estimate of drug-likeness (QED) is 0.722. The molecule has 3 rings (SSSR count). The molecule has 8 nitrogen and oxygen atoms in total. The number of hydrogen-bond donors (Lipinski definition) is 0. The molecular formula is C19H26N4O4S. The number of sulfonamides is 1. The van der Waals surface area contributed by atoms with Crippen molar-refractivity contribution in [3.05, 3.63) is 42.4 Å². The summed E-state index contributed by atoms with van der Waals surface area (Å²) < 4.78 is 33.9. The van der Waals surface area contributed by atoms with Gasteiger partial charge in [0.1, 0.15) is 5.75 Å². The van der Waals surface area contributed by atoms with Crippen molar-refractivity contribution < 1.29 is 17.9 Å². The Morgan fingerprint density at radius 3 is 2.54 bits per heavy atom. The Labute approximate surface area is 165 Å². The zero-order valence-corrected chi connectivity index (χ0v) is 17.1. The van der Waals surface area contributed by atoms with E-state index in [-0.39, 0.29) is 17.5 Å². The molecule has 152 valence electrons. The molecule has 0 saturated carbocycles. The smallest absolute Gasteiger partial charge is 0.262 e. The zero-order valence-electron chi connectivity index (χ0n) is 16.2. The van der Waals surface area contributed by atoms with Gasteiger partial charge >= 0.3 is 0 Å². The maximum atomic E-state index is 12.7. The molecule has 1 fully saturated rings. The lowest BCUT2D eigenvalue weighted by molar-refractivity contribution is -0.130. The number of carbonyl (C=O) groups excluding carboxylic acids is 1. The van der Waals surface area contributed by atoms with Gasteiger partial charge < -0.3 is 14.2 Å². The van der Waals surface area contributed by atoms with Crippen LogP contribution in [0.2, 0.25) is 0 Å². The Bertz CT molecular complexity index is 908. The summed E-state index contributed by atoms with van der Waals surface area (Å²) in [6.07, 6.45) is 3.85. The largest absolute Gasteiger partial charge is 0.494 e. The van der Waals surface area contributed by atoms with E-state index in [0.29, 0.717) is 39.1 Å². The summed E-state index contributed by atoms with van der Waals surface area (Å²) in [4.78, 5) is 18.4. The van der Waals surface area contributed by atoms with Crippen molar-refractivity contribution in [3.63, 3.8) is 0 Å². The first-order valence-electron chi connectivity index (χ1n) is 9.38. The van der Waals surface area contributed by atoms with Crippen LogP contribution in [0.15, 0.2) is 41.8 Å². The number of nitrogens with zero attached hydrogens (tertiary/aromatic N) is 4. The minimum Gasteiger partial charge on any atom is -0.494 e. The fraction of sp³-hybridized carbons (Fsp3) is 0.474. The van der Waals surface area contributed by atoms with Gasteiger partial charge in [-0.05, 0) is 31.0 Å². The first-order valence-corrected chi connectivity index (χ1v) is 10.8. The molecule has 0 N–H and O–H groups in total. The van der Waals surface area contributed by atoms with Crippen LogP contribution >= 0.6 is 0 Å². The molecule has 2 aromatic rings. The number of ether oxygens (including phenoxy) is 1. The second-order valence-electron chi connectivity index (χ2n) is 6.77. The van der Waals surface area contributed by atoms with Crippen molar-refractivity contribution in [2.45, 2.75) is 24.8 Å². The van der Waals surface area contributed by atoms with Gasteiger partial charge in [-0.15, -0.1) is 0 Å². The lowest BCUT2D eigenvalue weighted by atomic mass is 10.1. The van der Waals surface area contributed by atoms with E-state index in [1.165, 1.54) is 16.8 Å². The van der Waals surface area contributed by atoms with Gasteiger partial charge in [0.25, 0.3) is 10.0 Å². The van der Waals surface area contributed by atoms with Crippen LogP contribution in [0.3, 0.4) is 0 Å². The highest BCUT2D eigenvalue weighted by molar-refractivity contribution is 7.89. The number of hydrogen-bond acceptors (Lipinski definition) is 5. The number of benzene rings is 1. The first kappa shape index (κ1) is 20.3. The maximum absolute atomic E-state index is 12.7. The summed E-state index contributed by atoms with van der Waals surface area (Å²) in [6, 6.07) is 7.49. The van der Waals surface area contributed by atoms with E-state index in [9.17, 15) is 13.2 Å². The first-order chi connectivity index (χ1) is 13.4. The molecule has 1 aromatic carbocycles. The van der Waals surface area contributed by atoms with Crippen LogP contribution in [0.25, 0.3) is 0 Å². The minimum absolute atomic E-state index is 0.00115. The van der Waals surface area contributed by atoms with E-state index in [0.717, 1.165) is 11.3 Å². The molecule has 1 aliphatic rings. The summed E-state index contributed by atoms with van der Waals surface area (Å²) in [5.74, 6) is 0.782. The number of aryl methyl sites for hydroxylation is 1. The maximum Gasteiger partial charge on any atom is 0.262 e. The SMILES string of the molecule is CCOc1ccc(CC(=O)N2CCCN(S(=O)(=O)c3cn(C)cn3)CC2)cc1. The van der Waals surface area contributed by atoms with E-state index < -0.39 is 10.0 Å². The van der Waals surface area contributed by atoms with Gasteiger partial charge in [0.15, 0.2) is 5.03 Å². The average Bonchev–Trinajstić information content (AvgIpc) is 2.96. The van der Waals surface area contributed by atoms with Gasteiger partial charge in [-0.3, -0.25) is 4.79 Å². The highest BCUT2D eigenvalue weighted by atomic mass is 32.2. The summed E-state index contributed by atoms with van der Waals surface area (Å²) in [5.41, 5.74) is 0.913. The van der Waals surface area contributed by atoms with Gasteiger partial charge in [-0.2, -0.15) is 4.31 Å². The van der Waals surface area contributed by atoms with E-state index in [1.807, 2.05) is 31.2 Å². The van der Waals surface area contributed by atoms with Crippen LogP contribution in [0.4, 0.5) is 0 Å². The molecule has 0 spiro atoms. The number of aromatic nitrogens is 2. The Balaban J connectivity index is 1.60. The Morgan fingerprint density at radius 1 is 1.14 bits per heavy atom. The van der Waals surface area contributed by atoms with Crippen molar-refractivity contribution in [1.29, 1.82) is 0 Å². The average molecular weight is 407 g/mol. The molecule has 0 atom stereocenters. The summed E-state index contributed by atoms with van der Waals surface area (Å²) in [5, 5.41) is 0.0455. The Morgan fingerprint density at radius 2 is 1.89 bits per heavy atom. The predicted molar refractivity (Wildman–Crippen MR) is 104 cm³/mol. The topological polar surface area (TPSA) is 84.7 Å². The third kappa shape index (κ3) is 4.71. The standard InChI is InChI=1S/C19H26N4O4S/c1-3-27-17-7-5-16(6-8-17)13-19(24)22-9-4-10-23(12-11-22)28(25,26)18-14-21(2)15-20-18/h5-8,14-15H,3-4,9-13H2,1-2H3. The van der Waals surface area contributed by atoms with Crippen molar-refractivity contribution in [3.8, 4) is 5.75 Å². The molecule has 28 heavy (non-hydrogen) atoms. The predicted octanol–water partition coefficient (Wildman–Crippen LogP) is 1.28. The number of imidazole rings is 1. The van der Waals surface area contributed by atoms with E-state index in [2.05, 4.69) is 4.98 Å². The second-order valence-corrected chi connectivity index (χ2v) is 8.65.